The molecule has 5 heteroatoms. The van der Waals surface area contributed by atoms with Gasteiger partial charge < -0.3 is 10.2 Å². The molecule has 1 aliphatic heterocycles. The molecule has 0 amide bonds. The zero-order valence-electron chi connectivity index (χ0n) is 11.1. The van der Waals surface area contributed by atoms with Gasteiger partial charge in [0.25, 0.3) is 0 Å². The first kappa shape index (κ1) is 14.3. The van der Waals surface area contributed by atoms with Crippen molar-refractivity contribution in [3.05, 3.63) is 35.1 Å². The summed E-state index contributed by atoms with van der Waals surface area (Å²) >= 11 is 0. The molecule has 2 nitrogen and oxygen atoms in total. The largest absolute Gasteiger partial charge is 0.312 e. The van der Waals surface area contributed by atoms with Gasteiger partial charge in [0.05, 0.1) is 0 Å². The molecule has 1 aromatic rings. The molecule has 0 aromatic heterocycles. The number of hydrogen-bond acceptors (Lipinski definition) is 2. The maximum Gasteiger partial charge on any atom is 0.161 e. The van der Waals surface area contributed by atoms with E-state index in [9.17, 15) is 13.2 Å². The molecular formula is C14H19F3N2. The number of benzene rings is 1. The van der Waals surface area contributed by atoms with Crippen LogP contribution in [0.4, 0.5) is 13.2 Å². The Kier molecular flexibility index (Phi) is 4.82. The smallest absolute Gasteiger partial charge is 0.161 e. The molecular weight excluding hydrogens is 253 g/mol. The maximum absolute atomic E-state index is 13.4. The third-order valence-electron chi connectivity index (χ3n) is 3.56. The van der Waals surface area contributed by atoms with Crippen LogP contribution >= 0.6 is 0 Å². The summed E-state index contributed by atoms with van der Waals surface area (Å²) in [5.41, 5.74) is 0.170. The van der Waals surface area contributed by atoms with E-state index in [4.69, 9.17) is 0 Å². The van der Waals surface area contributed by atoms with Crippen molar-refractivity contribution >= 4 is 0 Å². The van der Waals surface area contributed by atoms with Crippen molar-refractivity contribution in [2.24, 2.45) is 5.92 Å². The summed E-state index contributed by atoms with van der Waals surface area (Å²) in [5, 5.41) is 3.12. The molecule has 1 N–H and O–H groups in total. The van der Waals surface area contributed by atoms with Crippen molar-refractivity contribution in [2.45, 2.75) is 19.4 Å². The lowest BCUT2D eigenvalue weighted by Gasteiger charge is -2.29. The molecule has 106 valence electrons. The summed E-state index contributed by atoms with van der Waals surface area (Å²) in [6.07, 6.45) is 2.32. The minimum Gasteiger partial charge on any atom is -0.312 e. The molecule has 0 spiro atoms. The molecule has 1 saturated heterocycles. The van der Waals surface area contributed by atoms with Crippen LogP contribution in [0.3, 0.4) is 0 Å². The van der Waals surface area contributed by atoms with E-state index in [2.05, 4.69) is 17.3 Å². The van der Waals surface area contributed by atoms with E-state index in [1.165, 1.54) is 6.42 Å². The topological polar surface area (TPSA) is 15.3 Å². The van der Waals surface area contributed by atoms with E-state index in [1.807, 2.05) is 0 Å². The van der Waals surface area contributed by atoms with E-state index < -0.39 is 17.5 Å². The van der Waals surface area contributed by atoms with Gasteiger partial charge in [-0.25, -0.2) is 13.2 Å². The van der Waals surface area contributed by atoms with Gasteiger partial charge in [-0.3, -0.25) is 0 Å². The monoisotopic (exact) mass is 272 g/mol. The van der Waals surface area contributed by atoms with Gasteiger partial charge in [-0.1, -0.05) is 0 Å². The fourth-order valence-corrected chi connectivity index (χ4v) is 2.55. The molecule has 0 saturated carbocycles. The van der Waals surface area contributed by atoms with E-state index in [-0.39, 0.29) is 12.1 Å². The second kappa shape index (κ2) is 6.39. The average molecular weight is 272 g/mol. The molecule has 1 aromatic carbocycles. The van der Waals surface area contributed by atoms with Gasteiger partial charge in [0.1, 0.15) is 5.82 Å². The Morgan fingerprint density at radius 2 is 1.95 bits per heavy atom. The fraction of sp³-hybridized carbons (Fsp3) is 0.571. The summed E-state index contributed by atoms with van der Waals surface area (Å²) in [6, 6.07) is 1.52. The summed E-state index contributed by atoms with van der Waals surface area (Å²) in [7, 11) is 2.08. The first-order valence-electron chi connectivity index (χ1n) is 6.59. The van der Waals surface area contributed by atoms with E-state index >= 15 is 0 Å². The van der Waals surface area contributed by atoms with E-state index in [0.29, 0.717) is 12.0 Å². The zero-order chi connectivity index (χ0) is 13.8. The standard InChI is InChI=1S/C14H19F3N2/c1-19-4-2-3-10(9-19)7-18-8-11-5-13(16)14(17)6-12(11)15/h5-6,10,18H,2-4,7-9H2,1H3. The van der Waals surface area contributed by atoms with Crippen molar-refractivity contribution in [1.82, 2.24) is 10.2 Å². The van der Waals surface area contributed by atoms with Gasteiger partial charge in [0.15, 0.2) is 11.6 Å². The van der Waals surface area contributed by atoms with Gasteiger partial charge in [-0.2, -0.15) is 0 Å². The van der Waals surface area contributed by atoms with Crippen molar-refractivity contribution in [3.63, 3.8) is 0 Å². The highest BCUT2D eigenvalue weighted by molar-refractivity contribution is 5.19. The molecule has 2 rings (SSSR count). The van der Waals surface area contributed by atoms with Gasteiger partial charge in [-0.15, -0.1) is 0 Å². The predicted molar refractivity (Wildman–Crippen MR) is 68.2 cm³/mol. The van der Waals surface area contributed by atoms with Crippen molar-refractivity contribution < 1.29 is 13.2 Å². The zero-order valence-corrected chi connectivity index (χ0v) is 11.1. The number of hydrogen-bond donors (Lipinski definition) is 1. The van der Waals surface area contributed by atoms with Crippen LogP contribution in [0.2, 0.25) is 0 Å². The Labute approximate surface area is 111 Å². The Balaban J connectivity index is 1.84. The number of piperidine rings is 1. The SMILES string of the molecule is CN1CCCC(CNCc2cc(F)c(F)cc2F)C1. The number of nitrogens with one attached hydrogen (secondary N) is 1. The number of likely N-dealkylation sites (tertiary alicyclic amines) is 1. The predicted octanol–water partition coefficient (Wildman–Crippen LogP) is 2.54. The van der Waals surface area contributed by atoms with Gasteiger partial charge in [-0.05, 0) is 45.0 Å². The molecule has 19 heavy (non-hydrogen) atoms. The van der Waals surface area contributed by atoms with Crippen molar-refractivity contribution in [1.29, 1.82) is 0 Å². The van der Waals surface area contributed by atoms with Crippen LogP contribution in [0.15, 0.2) is 12.1 Å². The van der Waals surface area contributed by atoms with Crippen LogP contribution in [0, 0.1) is 23.4 Å². The van der Waals surface area contributed by atoms with Gasteiger partial charge >= 0.3 is 0 Å². The average Bonchev–Trinajstić information content (AvgIpc) is 2.35. The highest BCUT2D eigenvalue weighted by Crippen LogP contribution is 2.16. The summed E-state index contributed by atoms with van der Waals surface area (Å²) in [6.45, 7) is 3.13. The third kappa shape index (κ3) is 3.94. The van der Waals surface area contributed by atoms with Gasteiger partial charge in [0, 0.05) is 24.7 Å². The molecule has 0 bridgehead atoms. The molecule has 1 aliphatic rings. The second-order valence-electron chi connectivity index (χ2n) is 5.26. The lowest BCUT2D eigenvalue weighted by atomic mass is 9.98. The number of nitrogens with zero attached hydrogens (tertiary/aromatic N) is 1. The Bertz CT molecular complexity index is 437. The lowest BCUT2D eigenvalue weighted by molar-refractivity contribution is 0.206. The van der Waals surface area contributed by atoms with Gasteiger partial charge in [0.2, 0.25) is 0 Å². The van der Waals surface area contributed by atoms with Crippen LogP contribution in [0.5, 0.6) is 0 Å². The fourth-order valence-electron chi connectivity index (χ4n) is 2.55. The normalized spacial score (nSPS) is 20.7. The number of rotatable bonds is 4. The Morgan fingerprint density at radius 3 is 2.68 bits per heavy atom. The molecule has 0 radical (unpaired) electrons. The van der Waals surface area contributed by atoms with Crippen LogP contribution in [0.1, 0.15) is 18.4 Å². The maximum atomic E-state index is 13.4. The summed E-state index contributed by atoms with van der Waals surface area (Å²) in [5.74, 6) is -2.31. The van der Waals surface area contributed by atoms with Crippen molar-refractivity contribution in [2.75, 3.05) is 26.7 Å². The second-order valence-corrected chi connectivity index (χ2v) is 5.26. The molecule has 1 atom stereocenters. The van der Waals surface area contributed by atoms with Crippen LogP contribution in [-0.2, 0) is 6.54 Å². The van der Waals surface area contributed by atoms with Crippen LogP contribution < -0.4 is 5.32 Å². The Morgan fingerprint density at radius 1 is 1.21 bits per heavy atom. The third-order valence-corrected chi connectivity index (χ3v) is 3.56. The minimum atomic E-state index is -1.14. The molecule has 1 unspecified atom stereocenters. The first-order chi connectivity index (χ1) is 9.06. The Hall–Kier alpha value is -1.07. The molecule has 1 fully saturated rings. The summed E-state index contributed by atoms with van der Waals surface area (Å²) < 4.78 is 39.2. The number of halogens is 3. The van der Waals surface area contributed by atoms with E-state index in [0.717, 1.165) is 32.1 Å². The van der Waals surface area contributed by atoms with Crippen LogP contribution in [0.25, 0.3) is 0 Å². The van der Waals surface area contributed by atoms with E-state index in [1.54, 1.807) is 0 Å². The van der Waals surface area contributed by atoms with Crippen molar-refractivity contribution in [3.8, 4) is 0 Å². The minimum absolute atomic E-state index is 0.170. The first-order valence-corrected chi connectivity index (χ1v) is 6.59. The summed E-state index contributed by atoms with van der Waals surface area (Å²) in [4.78, 5) is 2.27. The molecule has 0 aliphatic carbocycles. The quantitative estimate of drug-likeness (QED) is 0.847. The van der Waals surface area contributed by atoms with Crippen LogP contribution in [-0.4, -0.2) is 31.6 Å². The lowest BCUT2D eigenvalue weighted by Crippen LogP contribution is -2.37. The molecule has 1 heterocycles. The highest BCUT2D eigenvalue weighted by atomic mass is 19.2. The highest BCUT2D eigenvalue weighted by Gasteiger charge is 2.17.